The van der Waals surface area contributed by atoms with E-state index in [2.05, 4.69) is 24.8 Å². The highest BCUT2D eigenvalue weighted by atomic mass is 35.5. The SMILES string of the molecule is Cc1c(Cl)cccc1S(=O)(=O)Nc1cc(-n2cncn2)ncn1. The number of rotatable bonds is 4. The van der Waals surface area contributed by atoms with Crippen LogP contribution in [0.3, 0.4) is 0 Å². The number of hydrogen-bond acceptors (Lipinski definition) is 6. The van der Waals surface area contributed by atoms with E-state index in [1.807, 2.05) is 0 Å². The van der Waals surface area contributed by atoms with E-state index in [1.165, 1.54) is 35.8 Å². The summed E-state index contributed by atoms with van der Waals surface area (Å²) in [5.41, 5.74) is 0.465. The molecule has 10 heteroatoms. The van der Waals surface area contributed by atoms with E-state index in [-0.39, 0.29) is 10.7 Å². The number of aromatic nitrogens is 5. The lowest BCUT2D eigenvalue weighted by Gasteiger charge is -2.11. The van der Waals surface area contributed by atoms with Gasteiger partial charge in [0.1, 0.15) is 24.8 Å². The normalized spacial score (nSPS) is 11.4. The Morgan fingerprint density at radius 1 is 1.22 bits per heavy atom. The lowest BCUT2D eigenvalue weighted by molar-refractivity contribution is 0.600. The molecule has 0 aliphatic rings. The molecule has 0 saturated heterocycles. The minimum Gasteiger partial charge on any atom is -0.263 e. The summed E-state index contributed by atoms with van der Waals surface area (Å²) >= 11 is 5.98. The molecule has 0 saturated carbocycles. The Morgan fingerprint density at radius 2 is 2.04 bits per heavy atom. The van der Waals surface area contributed by atoms with Crippen LogP contribution < -0.4 is 4.72 Å². The molecule has 8 nitrogen and oxygen atoms in total. The summed E-state index contributed by atoms with van der Waals surface area (Å²) in [5, 5.41) is 4.30. The van der Waals surface area contributed by atoms with Gasteiger partial charge in [0.2, 0.25) is 0 Å². The molecule has 0 amide bonds. The van der Waals surface area contributed by atoms with Crippen LogP contribution in [0, 0.1) is 6.92 Å². The Bertz CT molecular complexity index is 943. The van der Waals surface area contributed by atoms with E-state index < -0.39 is 10.0 Å². The summed E-state index contributed by atoms with van der Waals surface area (Å²) in [5.74, 6) is 0.503. The van der Waals surface area contributed by atoms with Gasteiger partial charge in [0, 0.05) is 11.1 Å². The van der Waals surface area contributed by atoms with Crippen LogP contribution in [0.5, 0.6) is 0 Å². The third kappa shape index (κ3) is 3.15. The molecule has 3 rings (SSSR count). The standard InChI is InChI=1S/C13H11ClN6O2S/c1-9-10(14)3-2-4-11(9)23(21,22)19-12-5-13(17-7-16-12)20-8-15-6-18-20/h2-8H,1H3,(H,16,17,19). The number of halogens is 1. The largest absolute Gasteiger partial charge is 0.263 e. The number of hydrogen-bond donors (Lipinski definition) is 1. The van der Waals surface area contributed by atoms with Crippen LogP contribution in [-0.4, -0.2) is 33.2 Å². The van der Waals surface area contributed by atoms with Crippen molar-refractivity contribution in [2.75, 3.05) is 4.72 Å². The highest BCUT2D eigenvalue weighted by Gasteiger charge is 2.19. The molecule has 1 N–H and O–H groups in total. The number of nitrogens with zero attached hydrogens (tertiary/aromatic N) is 5. The fourth-order valence-electron chi connectivity index (χ4n) is 1.93. The molecule has 0 fully saturated rings. The number of sulfonamides is 1. The van der Waals surface area contributed by atoms with Crippen molar-refractivity contribution < 1.29 is 8.42 Å². The molecule has 3 aromatic rings. The minimum atomic E-state index is -3.82. The Morgan fingerprint density at radius 3 is 2.78 bits per heavy atom. The lowest BCUT2D eigenvalue weighted by atomic mass is 10.2. The van der Waals surface area contributed by atoms with Gasteiger partial charge < -0.3 is 0 Å². The quantitative estimate of drug-likeness (QED) is 0.769. The van der Waals surface area contributed by atoms with Crippen LogP contribution in [0.15, 0.2) is 48.1 Å². The zero-order chi connectivity index (χ0) is 16.4. The first-order valence-corrected chi connectivity index (χ1v) is 8.28. The predicted molar refractivity (Wildman–Crippen MR) is 83.9 cm³/mol. The van der Waals surface area contributed by atoms with Gasteiger partial charge in [-0.3, -0.25) is 4.72 Å². The first-order valence-electron chi connectivity index (χ1n) is 6.42. The van der Waals surface area contributed by atoms with E-state index in [1.54, 1.807) is 19.1 Å². The van der Waals surface area contributed by atoms with E-state index >= 15 is 0 Å². The van der Waals surface area contributed by atoms with Gasteiger partial charge in [0.05, 0.1) is 4.90 Å². The van der Waals surface area contributed by atoms with Gasteiger partial charge >= 0.3 is 0 Å². The van der Waals surface area contributed by atoms with Crippen LogP contribution in [0.4, 0.5) is 5.82 Å². The molecular formula is C13H11ClN6O2S. The maximum Gasteiger partial charge on any atom is 0.263 e. The Kier molecular flexibility index (Phi) is 3.97. The smallest absolute Gasteiger partial charge is 0.263 e. The number of nitrogens with one attached hydrogen (secondary N) is 1. The Balaban J connectivity index is 1.95. The highest BCUT2D eigenvalue weighted by Crippen LogP contribution is 2.24. The molecule has 118 valence electrons. The zero-order valence-corrected chi connectivity index (χ0v) is 13.5. The average molecular weight is 351 g/mol. The summed E-state index contributed by atoms with van der Waals surface area (Å²) in [6.07, 6.45) is 4.03. The minimum absolute atomic E-state index is 0.0888. The third-order valence-corrected chi connectivity index (χ3v) is 4.96. The van der Waals surface area contributed by atoms with E-state index in [0.29, 0.717) is 16.4 Å². The van der Waals surface area contributed by atoms with Crippen LogP contribution in [0.2, 0.25) is 5.02 Å². The molecule has 2 aromatic heterocycles. The second-order valence-electron chi connectivity index (χ2n) is 4.57. The van der Waals surface area contributed by atoms with Crippen molar-refractivity contribution >= 4 is 27.4 Å². The van der Waals surface area contributed by atoms with Crippen molar-refractivity contribution in [3.63, 3.8) is 0 Å². The van der Waals surface area contributed by atoms with Crippen LogP contribution in [0.1, 0.15) is 5.56 Å². The second-order valence-corrected chi connectivity index (χ2v) is 6.63. The molecular weight excluding hydrogens is 340 g/mol. The van der Waals surface area contributed by atoms with E-state index in [9.17, 15) is 8.42 Å². The number of benzene rings is 1. The van der Waals surface area contributed by atoms with Crippen LogP contribution >= 0.6 is 11.6 Å². The van der Waals surface area contributed by atoms with Gasteiger partial charge in [0.25, 0.3) is 10.0 Å². The van der Waals surface area contributed by atoms with Gasteiger partial charge in [0.15, 0.2) is 5.82 Å². The molecule has 0 radical (unpaired) electrons. The first-order chi connectivity index (χ1) is 11.0. The molecule has 2 heterocycles. The van der Waals surface area contributed by atoms with Crippen molar-refractivity contribution in [2.45, 2.75) is 11.8 Å². The summed E-state index contributed by atoms with van der Waals surface area (Å²) in [7, 11) is -3.82. The Labute approximate surface area is 137 Å². The Hall–Kier alpha value is -2.52. The maximum absolute atomic E-state index is 12.5. The predicted octanol–water partition coefficient (Wildman–Crippen LogP) is 1.82. The van der Waals surface area contributed by atoms with Crippen molar-refractivity contribution in [1.29, 1.82) is 0 Å². The van der Waals surface area contributed by atoms with Gasteiger partial charge in [-0.1, -0.05) is 17.7 Å². The third-order valence-electron chi connectivity index (χ3n) is 3.05. The second kappa shape index (κ2) is 5.94. The van der Waals surface area contributed by atoms with Crippen LogP contribution in [-0.2, 0) is 10.0 Å². The fraction of sp³-hybridized carbons (Fsp3) is 0.0769. The van der Waals surface area contributed by atoms with Crippen LogP contribution in [0.25, 0.3) is 5.82 Å². The first kappa shape index (κ1) is 15.4. The topological polar surface area (TPSA) is 103 Å². The molecule has 23 heavy (non-hydrogen) atoms. The van der Waals surface area contributed by atoms with Crippen molar-refractivity contribution in [3.8, 4) is 5.82 Å². The molecule has 0 aliphatic carbocycles. The average Bonchev–Trinajstić information content (AvgIpc) is 3.04. The summed E-state index contributed by atoms with van der Waals surface area (Å²) < 4.78 is 28.8. The molecule has 0 unspecified atom stereocenters. The molecule has 0 atom stereocenters. The fourth-order valence-corrected chi connectivity index (χ4v) is 3.42. The maximum atomic E-state index is 12.5. The van der Waals surface area contributed by atoms with Gasteiger partial charge in [-0.05, 0) is 24.6 Å². The highest BCUT2D eigenvalue weighted by molar-refractivity contribution is 7.92. The van der Waals surface area contributed by atoms with E-state index in [4.69, 9.17) is 11.6 Å². The lowest BCUT2D eigenvalue weighted by Crippen LogP contribution is -2.16. The summed E-state index contributed by atoms with van der Waals surface area (Å²) in [6, 6.07) is 6.13. The zero-order valence-electron chi connectivity index (χ0n) is 11.9. The van der Waals surface area contributed by atoms with Gasteiger partial charge in [-0.25, -0.2) is 28.1 Å². The molecule has 0 aliphatic heterocycles. The molecule has 1 aromatic carbocycles. The summed E-state index contributed by atoms with van der Waals surface area (Å²) in [4.78, 5) is 11.8. The van der Waals surface area contributed by atoms with Crippen molar-refractivity contribution in [2.24, 2.45) is 0 Å². The van der Waals surface area contributed by atoms with Gasteiger partial charge in [-0.2, -0.15) is 5.10 Å². The summed E-state index contributed by atoms with van der Waals surface area (Å²) in [6.45, 7) is 1.64. The molecule has 0 bridgehead atoms. The molecule has 0 spiro atoms. The monoisotopic (exact) mass is 350 g/mol. The number of anilines is 1. The van der Waals surface area contributed by atoms with E-state index in [0.717, 1.165) is 0 Å². The van der Waals surface area contributed by atoms with Gasteiger partial charge in [-0.15, -0.1) is 0 Å². The van der Waals surface area contributed by atoms with Crippen molar-refractivity contribution in [1.82, 2.24) is 24.7 Å². The van der Waals surface area contributed by atoms with Crippen molar-refractivity contribution in [3.05, 3.63) is 53.8 Å².